The van der Waals surface area contributed by atoms with Gasteiger partial charge in [0.05, 0.1) is 11.7 Å². The number of benzene rings is 1. The predicted octanol–water partition coefficient (Wildman–Crippen LogP) is 4.47. The standard InChI is InChI=1S/C15H19BrClN3/c1-10-14(9-16)15(20(4)18-10)19(3)11(2)12-5-7-13(17)8-6-12/h5-8,11H,9H2,1-4H3. The van der Waals surface area contributed by atoms with Crippen molar-refractivity contribution in [2.45, 2.75) is 25.2 Å². The minimum atomic E-state index is 0.250. The van der Waals surface area contributed by atoms with Crippen LogP contribution in [0.2, 0.25) is 5.02 Å². The number of alkyl halides is 1. The van der Waals surface area contributed by atoms with Crippen LogP contribution in [0.3, 0.4) is 0 Å². The molecule has 108 valence electrons. The Balaban J connectivity index is 2.35. The molecule has 0 bridgehead atoms. The fourth-order valence-electron chi connectivity index (χ4n) is 2.44. The predicted molar refractivity (Wildman–Crippen MR) is 88.8 cm³/mol. The van der Waals surface area contributed by atoms with Gasteiger partial charge in [0.1, 0.15) is 5.82 Å². The van der Waals surface area contributed by atoms with Crippen LogP contribution >= 0.6 is 27.5 Å². The molecule has 1 atom stereocenters. The van der Waals surface area contributed by atoms with Crippen molar-refractivity contribution in [1.82, 2.24) is 9.78 Å². The van der Waals surface area contributed by atoms with E-state index < -0.39 is 0 Å². The summed E-state index contributed by atoms with van der Waals surface area (Å²) >= 11 is 9.51. The van der Waals surface area contributed by atoms with Crippen molar-refractivity contribution in [3.8, 4) is 0 Å². The Morgan fingerprint density at radius 3 is 2.50 bits per heavy atom. The lowest BCUT2D eigenvalue weighted by Gasteiger charge is -2.28. The number of anilines is 1. The molecule has 0 aliphatic rings. The van der Waals surface area contributed by atoms with E-state index in [1.807, 2.05) is 30.8 Å². The van der Waals surface area contributed by atoms with E-state index >= 15 is 0 Å². The van der Waals surface area contributed by atoms with Crippen LogP contribution in [0.4, 0.5) is 5.82 Å². The van der Waals surface area contributed by atoms with Crippen molar-refractivity contribution >= 4 is 33.3 Å². The maximum absolute atomic E-state index is 5.96. The molecule has 0 saturated heterocycles. The second-order valence-electron chi connectivity index (χ2n) is 4.98. The monoisotopic (exact) mass is 355 g/mol. The molecule has 0 aliphatic carbocycles. The molecule has 0 radical (unpaired) electrons. The van der Waals surface area contributed by atoms with Gasteiger partial charge >= 0.3 is 0 Å². The van der Waals surface area contributed by atoms with E-state index in [4.69, 9.17) is 11.6 Å². The number of nitrogens with zero attached hydrogens (tertiary/aromatic N) is 3. The van der Waals surface area contributed by atoms with E-state index in [0.717, 1.165) is 21.9 Å². The second kappa shape index (κ2) is 6.19. The molecule has 0 aliphatic heterocycles. The quantitative estimate of drug-likeness (QED) is 0.753. The van der Waals surface area contributed by atoms with Crippen molar-refractivity contribution in [3.63, 3.8) is 0 Å². The molecule has 0 fully saturated rings. The van der Waals surface area contributed by atoms with Gasteiger partial charge in [0, 0.05) is 30.0 Å². The summed E-state index contributed by atoms with van der Waals surface area (Å²) in [6.45, 7) is 4.23. The summed E-state index contributed by atoms with van der Waals surface area (Å²) in [7, 11) is 4.08. The zero-order chi connectivity index (χ0) is 14.9. The van der Waals surface area contributed by atoms with Gasteiger partial charge in [-0.2, -0.15) is 5.10 Å². The van der Waals surface area contributed by atoms with Crippen molar-refractivity contribution < 1.29 is 0 Å². The first kappa shape index (κ1) is 15.4. The normalized spacial score (nSPS) is 12.5. The Kier molecular flexibility index (Phi) is 4.76. The van der Waals surface area contributed by atoms with Crippen LogP contribution in [0.1, 0.15) is 29.8 Å². The van der Waals surface area contributed by atoms with Crippen molar-refractivity contribution in [1.29, 1.82) is 0 Å². The summed E-state index contributed by atoms with van der Waals surface area (Å²) in [5, 5.41) is 6.09. The molecule has 2 aromatic rings. The maximum Gasteiger partial charge on any atom is 0.131 e. The summed E-state index contributed by atoms with van der Waals surface area (Å²) in [6.07, 6.45) is 0. The topological polar surface area (TPSA) is 21.1 Å². The second-order valence-corrected chi connectivity index (χ2v) is 5.98. The van der Waals surface area contributed by atoms with Crippen LogP contribution in [-0.4, -0.2) is 16.8 Å². The summed E-state index contributed by atoms with van der Waals surface area (Å²) < 4.78 is 1.94. The molecule has 20 heavy (non-hydrogen) atoms. The van der Waals surface area contributed by atoms with Gasteiger partial charge in [0.25, 0.3) is 0 Å². The molecular formula is C15H19BrClN3. The third-order valence-corrected chi connectivity index (χ3v) is 4.53. The van der Waals surface area contributed by atoms with E-state index in [0.29, 0.717) is 0 Å². The van der Waals surface area contributed by atoms with E-state index in [1.54, 1.807) is 0 Å². The highest BCUT2D eigenvalue weighted by molar-refractivity contribution is 9.08. The molecule has 1 aromatic carbocycles. The van der Waals surface area contributed by atoms with E-state index in [-0.39, 0.29) is 6.04 Å². The highest BCUT2D eigenvalue weighted by Gasteiger charge is 2.20. The van der Waals surface area contributed by atoms with Gasteiger partial charge in [0.15, 0.2) is 0 Å². The first-order valence-electron chi connectivity index (χ1n) is 6.52. The third kappa shape index (κ3) is 2.86. The van der Waals surface area contributed by atoms with Gasteiger partial charge in [-0.05, 0) is 31.5 Å². The van der Waals surface area contributed by atoms with Gasteiger partial charge in [-0.3, -0.25) is 4.68 Å². The van der Waals surface area contributed by atoms with Gasteiger partial charge < -0.3 is 4.90 Å². The van der Waals surface area contributed by atoms with Gasteiger partial charge in [-0.15, -0.1) is 0 Å². The first-order valence-corrected chi connectivity index (χ1v) is 8.02. The molecule has 1 unspecified atom stereocenters. The molecule has 0 N–H and O–H groups in total. The van der Waals surface area contributed by atoms with Crippen LogP contribution in [-0.2, 0) is 12.4 Å². The Morgan fingerprint density at radius 1 is 1.35 bits per heavy atom. The summed E-state index contributed by atoms with van der Waals surface area (Å²) in [4.78, 5) is 2.25. The lowest BCUT2D eigenvalue weighted by molar-refractivity contribution is 0.672. The maximum atomic E-state index is 5.96. The smallest absolute Gasteiger partial charge is 0.131 e. The van der Waals surface area contributed by atoms with Gasteiger partial charge in [-0.25, -0.2) is 0 Å². The molecule has 5 heteroatoms. The highest BCUT2D eigenvalue weighted by atomic mass is 79.9. The van der Waals surface area contributed by atoms with E-state index in [1.165, 1.54) is 11.1 Å². The number of halogens is 2. The number of hydrogen-bond acceptors (Lipinski definition) is 2. The number of aromatic nitrogens is 2. The molecule has 0 spiro atoms. The molecule has 0 amide bonds. The minimum absolute atomic E-state index is 0.250. The first-order chi connectivity index (χ1) is 9.45. The summed E-state index contributed by atoms with van der Waals surface area (Å²) in [6, 6.07) is 8.25. The van der Waals surface area contributed by atoms with Gasteiger partial charge in [-0.1, -0.05) is 39.7 Å². The van der Waals surface area contributed by atoms with Crippen LogP contribution in [0, 0.1) is 6.92 Å². The zero-order valence-corrected chi connectivity index (χ0v) is 14.5. The van der Waals surface area contributed by atoms with Crippen LogP contribution in [0.25, 0.3) is 0 Å². The molecule has 2 rings (SSSR count). The highest BCUT2D eigenvalue weighted by Crippen LogP contribution is 2.31. The van der Waals surface area contributed by atoms with E-state index in [9.17, 15) is 0 Å². The molecule has 3 nitrogen and oxygen atoms in total. The molecule has 0 saturated carbocycles. The Hall–Kier alpha value is -1.000. The third-order valence-electron chi connectivity index (χ3n) is 3.71. The number of rotatable bonds is 4. The lowest BCUT2D eigenvalue weighted by Crippen LogP contribution is -2.24. The van der Waals surface area contributed by atoms with Crippen molar-refractivity contribution in [3.05, 3.63) is 46.1 Å². The van der Waals surface area contributed by atoms with Crippen LogP contribution in [0.5, 0.6) is 0 Å². The molecular weight excluding hydrogens is 338 g/mol. The summed E-state index contributed by atoms with van der Waals surface area (Å²) in [5.74, 6) is 1.14. The number of aryl methyl sites for hydroxylation is 2. The minimum Gasteiger partial charge on any atom is -0.353 e. The zero-order valence-electron chi connectivity index (χ0n) is 12.2. The Labute approximate surface area is 133 Å². The van der Waals surface area contributed by atoms with Crippen molar-refractivity contribution in [2.75, 3.05) is 11.9 Å². The largest absolute Gasteiger partial charge is 0.353 e. The molecule has 1 aromatic heterocycles. The number of hydrogen-bond donors (Lipinski definition) is 0. The van der Waals surface area contributed by atoms with Gasteiger partial charge in [0.2, 0.25) is 0 Å². The van der Waals surface area contributed by atoms with Crippen LogP contribution < -0.4 is 4.90 Å². The summed E-state index contributed by atoms with van der Waals surface area (Å²) in [5.41, 5.74) is 3.53. The fraction of sp³-hybridized carbons (Fsp3) is 0.400. The Morgan fingerprint density at radius 2 is 1.95 bits per heavy atom. The average Bonchev–Trinajstić information content (AvgIpc) is 2.72. The lowest BCUT2D eigenvalue weighted by atomic mass is 10.1. The van der Waals surface area contributed by atoms with Crippen molar-refractivity contribution in [2.24, 2.45) is 7.05 Å². The average molecular weight is 357 g/mol. The van der Waals surface area contributed by atoms with E-state index in [2.05, 4.69) is 52.0 Å². The Bertz CT molecular complexity index is 592. The van der Waals surface area contributed by atoms with Crippen LogP contribution in [0.15, 0.2) is 24.3 Å². The molecule has 1 heterocycles. The fourth-order valence-corrected chi connectivity index (χ4v) is 3.22. The SMILES string of the molecule is Cc1nn(C)c(N(C)C(C)c2ccc(Cl)cc2)c1CBr.